The zero-order chi connectivity index (χ0) is 28.0. The number of rotatable bonds is 5. The fourth-order valence-electron chi connectivity index (χ4n) is 4.76. The number of nitrogens with zero attached hydrogens (tertiary/aromatic N) is 3. The Morgan fingerprint density at radius 2 is 1.72 bits per heavy atom. The van der Waals surface area contributed by atoms with Gasteiger partial charge in [0.15, 0.2) is 12.0 Å². The van der Waals surface area contributed by atoms with Gasteiger partial charge in [-0.25, -0.2) is 9.78 Å². The van der Waals surface area contributed by atoms with E-state index < -0.39 is 18.2 Å². The van der Waals surface area contributed by atoms with E-state index in [1.54, 1.807) is 24.3 Å². The van der Waals surface area contributed by atoms with Gasteiger partial charge in [-0.05, 0) is 24.1 Å². The van der Waals surface area contributed by atoms with E-state index in [4.69, 9.17) is 27.9 Å². The van der Waals surface area contributed by atoms with Crippen LogP contribution in [0.3, 0.4) is 0 Å². The minimum atomic E-state index is -1.41. The summed E-state index contributed by atoms with van der Waals surface area (Å²) in [7, 11) is 4.37. The Bertz CT molecular complexity index is 1570. The van der Waals surface area contributed by atoms with Crippen molar-refractivity contribution in [2.24, 2.45) is 0 Å². The number of aryl methyl sites for hydroxylation is 1. The summed E-state index contributed by atoms with van der Waals surface area (Å²) in [6.07, 6.45) is 0.894. The molecule has 0 saturated heterocycles. The molecule has 0 bridgehead atoms. The maximum Gasteiger partial charge on any atom is 0.325 e. The minimum absolute atomic E-state index is 0.00721. The van der Waals surface area contributed by atoms with Gasteiger partial charge in [0.1, 0.15) is 0 Å². The first-order valence-electron chi connectivity index (χ1n) is 12.0. The van der Waals surface area contributed by atoms with E-state index in [0.29, 0.717) is 51.5 Å². The van der Waals surface area contributed by atoms with Crippen molar-refractivity contribution in [2.45, 2.75) is 19.1 Å². The largest absolute Gasteiger partial charge is 0.480 e. The van der Waals surface area contributed by atoms with Crippen LogP contribution in [0.1, 0.15) is 22.3 Å². The fourth-order valence-corrected chi connectivity index (χ4v) is 5.36. The summed E-state index contributed by atoms with van der Waals surface area (Å²) in [6.45, 7) is 0. The second-order valence-electron chi connectivity index (χ2n) is 9.22. The van der Waals surface area contributed by atoms with Crippen LogP contribution in [-0.4, -0.2) is 65.0 Å². The highest BCUT2D eigenvalue weighted by Gasteiger charge is 2.33. The highest BCUT2D eigenvalue weighted by molar-refractivity contribution is 6.39. The molecule has 3 aromatic rings. The molecule has 2 N–H and O–H groups in total. The van der Waals surface area contributed by atoms with Crippen LogP contribution in [0.4, 0.5) is 10.5 Å². The van der Waals surface area contributed by atoms with Crippen molar-refractivity contribution in [3.8, 4) is 28.3 Å². The molecule has 0 fully saturated rings. The molecule has 1 atom stereocenters. The van der Waals surface area contributed by atoms with E-state index in [1.165, 1.54) is 32.3 Å². The van der Waals surface area contributed by atoms with Crippen LogP contribution in [0, 0.1) is 0 Å². The smallest absolute Gasteiger partial charge is 0.325 e. The van der Waals surface area contributed by atoms with Gasteiger partial charge < -0.3 is 20.1 Å². The second kappa shape index (κ2) is 10.3. The van der Waals surface area contributed by atoms with Crippen LogP contribution >= 0.6 is 23.2 Å². The van der Waals surface area contributed by atoms with E-state index in [9.17, 15) is 19.5 Å². The maximum atomic E-state index is 13.0. The molecule has 2 aromatic carbocycles. The van der Waals surface area contributed by atoms with Crippen LogP contribution in [0.15, 0.2) is 54.2 Å². The molecule has 1 aliphatic carbocycles. The van der Waals surface area contributed by atoms with Gasteiger partial charge in [-0.15, -0.1) is 0 Å². The predicted octanol–water partition coefficient (Wildman–Crippen LogP) is 5.00. The molecule has 0 spiro atoms. The van der Waals surface area contributed by atoms with Crippen molar-refractivity contribution in [3.05, 3.63) is 75.4 Å². The Morgan fingerprint density at radius 3 is 2.44 bits per heavy atom. The minimum Gasteiger partial charge on any atom is -0.480 e. The molecule has 0 radical (unpaired) electrons. The number of pyridine rings is 1. The molecular formula is C28H24Cl2N4O5. The molecule has 200 valence electrons. The van der Waals surface area contributed by atoms with Crippen LogP contribution in [0.2, 0.25) is 10.0 Å². The molecule has 0 saturated carbocycles. The number of carbonyl (C=O) groups excluding carboxylic acids is 3. The summed E-state index contributed by atoms with van der Waals surface area (Å²) in [5.74, 6) is -0.337. The lowest BCUT2D eigenvalue weighted by atomic mass is 9.99. The molecule has 3 amide bonds. The Labute approximate surface area is 234 Å². The Balaban J connectivity index is 1.50. The quantitative estimate of drug-likeness (QED) is 0.449. The molecular weight excluding hydrogens is 543 g/mol. The number of aliphatic hydroxyl groups is 1. The molecule has 2 heterocycles. The Morgan fingerprint density at radius 1 is 1.05 bits per heavy atom. The molecule has 1 unspecified atom stereocenters. The van der Waals surface area contributed by atoms with Crippen LogP contribution in [0.5, 0.6) is 5.88 Å². The number of halogens is 2. The van der Waals surface area contributed by atoms with Gasteiger partial charge in [0.25, 0.3) is 5.91 Å². The second-order valence-corrected chi connectivity index (χ2v) is 9.98. The predicted molar refractivity (Wildman–Crippen MR) is 148 cm³/mol. The lowest BCUT2D eigenvalue weighted by Crippen LogP contribution is -2.49. The van der Waals surface area contributed by atoms with Crippen LogP contribution in [-0.2, 0) is 11.2 Å². The average Bonchev–Trinajstić information content (AvgIpc) is 3.31. The van der Waals surface area contributed by atoms with Crippen molar-refractivity contribution in [1.29, 1.82) is 0 Å². The number of ketones is 1. The number of urea groups is 1. The summed E-state index contributed by atoms with van der Waals surface area (Å²) in [5, 5.41) is 13.8. The monoisotopic (exact) mass is 566 g/mol. The summed E-state index contributed by atoms with van der Waals surface area (Å²) in [4.78, 5) is 44.2. The number of ether oxygens (including phenoxy) is 1. The molecule has 2 aliphatic rings. The van der Waals surface area contributed by atoms with Gasteiger partial charge in [-0.2, -0.15) is 0 Å². The number of anilines is 1. The number of methoxy groups -OCH3 is 1. The first-order chi connectivity index (χ1) is 18.6. The molecule has 11 heteroatoms. The fraction of sp³-hybridized carbons (Fsp3) is 0.214. The molecule has 1 aromatic heterocycles. The average molecular weight is 567 g/mol. The molecule has 1 aliphatic heterocycles. The summed E-state index contributed by atoms with van der Waals surface area (Å²) in [5.41, 5.74) is 4.02. The van der Waals surface area contributed by atoms with Crippen LogP contribution in [0.25, 0.3) is 22.4 Å². The summed E-state index contributed by atoms with van der Waals surface area (Å²) < 4.78 is 5.41. The van der Waals surface area contributed by atoms with Crippen molar-refractivity contribution >= 4 is 46.6 Å². The molecule has 5 rings (SSSR count). The van der Waals surface area contributed by atoms with Gasteiger partial charge in [0.2, 0.25) is 5.88 Å². The normalized spacial score (nSPS) is 16.8. The lowest BCUT2D eigenvalue weighted by molar-refractivity contribution is -0.114. The zero-order valence-electron chi connectivity index (χ0n) is 21.3. The number of likely N-dealkylation sites (N-methyl/N-ethyl adjacent to an activating group) is 1. The lowest BCUT2D eigenvalue weighted by Gasteiger charge is -2.33. The van der Waals surface area contributed by atoms with Gasteiger partial charge in [-0.1, -0.05) is 53.5 Å². The standard InChI is InChI=1S/C28H24Cl2N4O5/c1-33-13-18(27(37)34(2)28(33)38)25(36)31-19-9-5-7-16(24(19)30)15-6-4-8-17(23(15)29)20-12-14-10-11-21(35)22(14)26(32-20)39-3/h4-9,12-13,27,37H,10-11H2,1-3H3,(H,31,36). The van der Waals surface area contributed by atoms with E-state index in [1.807, 2.05) is 18.2 Å². The van der Waals surface area contributed by atoms with E-state index >= 15 is 0 Å². The van der Waals surface area contributed by atoms with Crippen molar-refractivity contribution in [1.82, 2.24) is 14.8 Å². The number of carbonyl (C=O) groups is 3. The van der Waals surface area contributed by atoms with Crippen molar-refractivity contribution < 1.29 is 24.2 Å². The van der Waals surface area contributed by atoms with Gasteiger partial charge in [0.05, 0.1) is 39.7 Å². The van der Waals surface area contributed by atoms with Crippen LogP contribution < -0.4 is 10.1 Å². The van der Waals surface area contributed by atoms with Crippen molar-refractivity contribution in [2.75, 3.05) is 26.5 Å². The SMILES string of the molecule is COc1nc(-c2cccc(-c3cccc(NC(=O)C4=CN(C)C(=O)N(C)C4O)c3Cl)c2Cl)cc2c1C(=O)CC2. The number of fused-ring (bicyclic) bond motifs is 1. The number of hydrogen-bond acceptors (Lipinski definition) is 6. The van der Waals surface area contributed by atoms with Gasteiger partial charge in [-0.3, -0.25) is 14.5 Å². The third-order valence-electron chi connectivity index (χ3n) is 6.82. The van der Waals surface area contributed by atoms with Crippen molar-refractivity contribution in [3.63, 3.8) is 0 Å². The summed E-state index contributed by atoms with van der Waals surface area (Å²) >= 11 is 13.6. The first kappa shape index (κ1) is 26.7. The third kappa shape index (κ3) is 4.63. The van der Waals surface area contributed by atoms with E-state index in [2.05, 4.69) is 10.3 Å². The number of hydrogen-bond donors (Lipinski definition) is 2. The number of aromatic nitrogens is 1. The topological polar surface area (TPSA) is 112 Å². The number of Topliss-reactive ketones (excluding diaryl/α,β-unsaturated/α-hetero) is 1. The number of aliphatic hydroxyl groups excluding tert-OH is 1. The zero-order valence-corrected chi connectivity index (χ0v) is 22.8. The Kier molecular flexibility index (Phi) is 7.07. The van der Waals surface area contributed by atoms with E-state index in [0.717, 1.165) is 10.5 Å². The highest BCUT2D eigenvalue weighted by atomic mass is 35.5. The molecule has 39 heavy (non-hydrogen) atoms. The maximum absolute atomic E-state index is 13.0. The number of amides is 3. The van der Waals surface area contributed by atoms with Gasteiger partial charge in [0, 0.05) is 43.4 Å². The Hall–Kier alpha value is -3.92. The molecule has 9 nitrogen and oxygen atoms in total. The highest BCUT2D eigenvalue weighted by Crippen LogP contribution is 2.42. The number of benzene rings is 2. The van der Waals surface area contributed by atoms with Gasteiger partial charge >= 0.3 is 6.03 Å². The van der Waals surface area contributed by atoms with E-state index in [-0.39, 0.29) is 22.3 Å². The number of nitrogens with one attached hydrogen (secondary N) is 1. The first-order valence-corrected chi connectivity index (χ1v) is 12.8. The third-order valence-corrected chi connectivity index (χ3v) is 7.63. The summed E-state index contributed by atoms with van der Waals surface area (Å²) in [6, 6.07) is 12.0.